The molecule has 0 aliphatic carbocycles. The Balaban J connectivity index is 1.47. The highest BCUT2D eigenvalue weighted by molar-refractivity contribution is 5.94. The van der Waals surface area contributed by atoms with E-state index in [4.69, 9.17) is 0 Å². The second-order valence-electron chi connectivity index (χ2n) is 7.64. The fourth-order valence-corrected chi connectivity index (χ4v) is 4.07. The Labute approximate surface area is 163 Å². The van der Waals surface area contributed by atoms with Gasteiger partial charge in [0.1, 0.15) is 5.82 Å². The average molecular weight is 381 g/mol. The van der Waals surface area contributed by atoms with Gasteiger partial charge in [-0.15, -0.1) is 0 Å². The Morgan fingerprint density at radius 2 is 2.00 bits per heavy atom. The van der Waals surface area contributed by atoms with E-state index in [2.05, 4.69) is 10.6 Å². The van der Waals surface area contributed by atoms with Crippen LogP contribution >= 0.6 is 0 Å². The van der Waals surface area contributed by atoms with Gasteiger partial charge in [-0.2, -0.15) is 0 Å². The van der Waals surface area contributed by atoms with E-state index in [1.165, 1.54) is 6.07 Å². The van der Waals surface area contributed by atoms with Gasteiger partial charge in [-0.1, -0.05) is 13.0 Å². The molecule has 0 bridgehead atoms. The van der Waals surface area contributed by atoms with Crippen LogP contribution < -0.4 is 10.6 Å². The summed E-state index contributed by atoms with van der Waals surface area (Å²) in [6.07, 6.45) is 2.83. The van der Waals surface area contributed by atoms with Gasteiger partial charge in [0.05, 0.1) is 0 Å². The lowest BCUT2D eigenvalue weighted by Crippen LogP contribution is -2.37. The average Bonchev–Trinajstić information content (AvgIpc) is 2.95. The van der Waals surface area contributed by atoms with Gasteiger partial charge in [0.15, 0.2) is 0 Å². The van der Waals surface area contributed by atoms with E-state index >= 15 is 0 Å². The molecule has 2 heterocycles. The van der Waals surface area contributed by atoms with Crippen molar-refractivity contribution in [1.29, 1.82) is 0 Å². The molecule has 0 aromatic heterocycles. The molecule has 0 fully saturated rings. The second kappa shape index (κ2) is 7.62. The van der Waals surface area contributed by atoms with Crippen LogP contribution in [0.5, 0.6) is 0 Å². The monoisotopic (exact) mass is 381 g/mol. The third-order valence-electron chi connectivity index (χ3n) is 5.55. The molecule has 2 aliphatic heterocycles. The zero-order valence-corrected chi connectivity index (χ0v) is 15.9. The number of rotatable bonds is 1. The van der Waals surface area contributed by atoms with E-state index in [0.717, 1.165) is 40.9 Å². The minimum atomic E-state index is -0.236. The van der Waals surface area contributed by atoms with Crippen LogP contribution in [0.25, 0.3) is 0 Å². The first-order valence-electron chi connectivity index (χ1n) is 9.76. The number of urea groups is 1. The van der Waals surface area contributed by atoms with Crippen molar-refractivity contribution in [2.45, 2.75) is 38.5 Å². The van der Waals surface area contributed by atoms with Gasteiger partial charge in [-0.3, -0.25) is 4.79 Å². The summed E-state index contributed by atoms with van der Waals surface area (Å²) in [4.78, 5) is 26.3. The van der Waals surface area contributed by atoms with E-state index < -0.39 is 0 Å². The van der Waals surface area contributed by atoms with E-state index in [-0.39, 0.29) is 23.7 Å². The molecule has 0 saturated heterocycles. The molecule has 0 spiro atoms. The third-order valence-corrected chi connectivity index (χ3v) is 5.55. The zero-order chi connectivity index (χ0) is 19.7. The second-order valence-corrected chi connectivity index (χ2v) is 7.64. The number of halogens is 1. The molecule has 146 valence electrons. The number of aryl methyl sites for hydroxylation is 1. The van der Waals surface area contributed by atoms with Gasteiger partial charge < -0.3 is 15.5 Å². The molecule has 6 heteroatoms. The van der Waals surface area contributed by atoms with Crippen LogP contribution in [0.4, 0.5) is 20.6 Å². The van der Waals surface area contributed by atoms with Crippen LogP contribution in [0, 0.1) is 5.82 Å². The van der Waals surface area contributed by atoms with Gasteiger partial charge in [0.25, 0.3) is 0 Å². The molecule has 4 rings (SSSR count). The van der Waals surface area contributed by atoms with Crippen LogP contribution in [0.3, 0.4) is 0 Å². The summed E-state index contributed by atoms with van der Waals surface area (Å²) in [6.45, 7) is 3.16. The van der Waals surface area contributed by atoms with Gasteiger partial charge in [-0.25, -0.2) is 9.18 Å². The Bertz CT molecular complexity index is 928. The molecule has 0 radical (unpaired) electrons. The maximum atomic E-state index is 13.6. The standard InChI is InChI=1S/C22H24FN3O2/c1-14-13-26(10-9-15-5-6-17(23)12-19(14)15)22(28)24-18-7-8-20-16(11-18)3-2-4-21(27)25-20/h5-8,11-12,14H,2-4,9-10,13H2,1H3,(H,24,28)(H,25,27). The lowest BCUT2D eigenvalue weighted by Gasteiger charge is -2.23. The molecular weight excluding hydrogens is 357 g/mol. The number of nitrogens with one attached hydrogen (secondary N) is 2. The van der Waals surface area contributed by atoms with Crippen molar-refractivity contribution in [3.8, 4) is 0 Å². The Hall–Kier alpha value is -2.89. The summed E-state index contributed by atoms with van der Waals surface area (Å²) in [5.41, 5.74) is 4.67. The Kier molecular flexibility index (Phi) is 5.03. The number of hydrogen-bond donors (Lipinski definition) is 2. The molecule has 2 aliphatic rings. The van der Waals surface area contributed by atoms with Crippen LogP contribution in [-0.4, -0.2) is 29.9 Å². The van der Waals surface area contributed by atoms with Crippen LogP contribution in [0.1, 0.15) is 42.4 Å². The van der Waals surface area contributed by atoms with Crippen LogP contribution in [-0.2, 0) is 17.6 Å². The molecule has 1 atom stereocenters. The lowest BCUT2D eigenvalue weighted by molar-refractivity contribution is -0.116. The molecule has 1 unspecified atom stereocenters. The highest BCUT2D eigenvalue weighted by atomic mass is 19.1. The minimum Gasteiger partial charge on any atom is -0.326 e. The van der Waals surface area contributed by atoms with E-state index in [9.17, 15) is 14.0 Å². The summed E-state index contributed by atoms with van der Waals surface area (Å²) in [5, 5.41) is 5.88. The zero-order valence-electron chi connectivity index (χ0n) is 15.9. The van der Waals surface area contributed by atoms with Crippen molar-refractivity contribution in [1.82, 2.24) is 4.90 Å². The van der Waals surface area contributed by atoms with E-state index in [1.807, 2.05) is 31.2 Å². The number of hydrogen-bond acceptors (Lipinski definition) is 2. The van der Waals surface area contributed by atoms with Crippen LogP contribution in [0.2, 0.25) is 0 Å². The highest BCUT2D eigenvalue weighted by Gasteiger charge is 2.24. The largest absolute Gasteiger partial charge is 0.326 e. The number of fused-ring (bicyclic) bond motifs is 2. The first kappa shape index (κ1) is 18.5. The number of amides is 3. The van der Waals surface area contributed by atoms with Crippen molar-refractivity contribution < 1.29 is 14.0 Å². The SMILES string of the molecule is CC1CN(C(=O)Nc2ccc3c(c2)CCCC(=O)N3)CCc2ccc(F)cc21. The Morgan fingerprint density at radius 3 is 2.86 bits per heavy atom. The number of carbonyl (C=O) groups is 2. The topological polar surface area (TPSA) is 61.4 Å². The smallest absolute Gasteiger partial charge is 0.321 e. The number of nitrogens with zero attached hydrogens (tertiary/aromatic N) is 1. The van der Waals surface area contributed by atoms with Crippen molar-refractivity contribution in [3.63, 3.8) is 0 Å². The normalized spacial score (nSPS) is 19.0. The molecule has 2 aromatic rings. The van der Waals surface area contributed by atoms with Crippen molar-refractivity contribution in [2.24, 2.45) is 0 Å². The third kappa shape index (κ3) is 3.86. The van der Waals surface area contributed by atoms with E-state index in [1.54, 1.807) is 11.0 Å². The molecule has 0 saturated carbocycles. The van der Waals surface area contributed by atoms with Gasteiger partial charge >= 0.3 is 6.03 Å². The summed E-state index contributed by atoms with van der Waals surface area (Å²) in [6, 6.07) is 10.3. The van der Waals surface area contributed by atoms with Gasteiger partial charge in [-0.05, 0) is 72.2 Å². The quantitative estimate of drug-likeness (QED) is 0.774. The predicted octanol–water partition coefficient (Wildman–Crippen LogP) is 4.29. The molecule has 5 nitrogen and oxygen atoms in total. The van der Waals surface area contributed by atoms with Gasteiger partial charge in [0.2, 0.25) is 5.91 Å². The number of carbonyl (C=O) groups excluding carboxylic acids is 2. The van der Waals surface area contributed by atoms with E-state index in [0.29, 0.717) is 25.9 Å². The number of anilines is 2. The summed E-state index contributed by atoms with van der Waals surface area (Å²) < 4.78 is 13.6. The maximum Gasteiger partial charge on any atom is 0.321 e. The molecule has 2 N–H and O–H groups in total. The maximum absolute atomic E-state index is 13.6. The minimum absolute atomic E-state index is 0.0325. The lowest BCUT2D eigenvalue weighted by atomic mass is 9.95. The number of benzene rings is 2. The van der Waals surface area contributed by atoms with Gasteiger partial charge in [0, 0.05) is 30.9 Å². The first-order valence-corrected chi connectivity index (χ1v) is 9.76. The van der Waals surface area contributed by atoms with Crippen molar-refractivity contribution in [3.05, 3.63) is 58.9 Å². The summed E-state index contributed by atoms with van der Waals surface area (Å²) in [5.74, 6) is -0.133. The van der Waals surface area contributed by atoms with Crippen molar-refractivity contribution >= 4 is 23.3 Å². The molecule has 3 amide bonds. The predicted molar refractivity (Wildman–Crippen MR) is 107 cm³/mol. The molecule has 2 aromatic carbocycles. The fourth-order valence-electron chi connectivity index (χ4n) is 4.07. The Morgan fingerprint density at radius 1 is 1.14 bits per heavy atom. The molecular formula is C22H24FN3O2. The first-order chi connectivity index (χ1) is 13.5. The van der Waals surface area contributed by atoms with Crippen LogP contribution in [0.15, 0.2) is 36.4 Å². The molecule has 28 heavy (non-hydrogen) atoms. The van der Waals surface area contributed by atoms with Crippen molar-refractivity contribution in [2.75, 3.05) is 23.7 Å². The summed E-state index contributed by atoms with van der Waals surface area (Å²) in [7, 11) is 0. The fraction of sp³-hybridized carbons (Fsp3) is 0.364. The highest BCUT2D eigenvalue weighted by Crippen LogP contribution is 2.28. The summed E-state index contributed by atoms with van der Waals surface area (Å²) >= 11 is 0.